The van der Waals surface area contributed by atoms with Crippen LogP contribution in [0.15, 0.2) is 36.8 Å². The largest absolute Gasteiger partial charge is 0.481 e. The first kappa shape index (κ1) is 24.1. The summed E-state index contributed by atoms with van der Waals surface area (Å²) >= 11 is 0. The van der Waals surface area contributed by atoms with Crippen LogP contribution in [0.5, 0.6) is 0 Å². The first-order valence-corrected chi connectivity index (χ1v) is 12.5. The Morgan fingerprint density at radius 3 is 2.61 bits per heavy atom. The lowest BCUT2D eigenvalue weighted by molar-refractivity contribution is -0.148. The molecule has 3 N–H and O–H groups in total. The molecule has 7 nitrogen and oxygen atoms in total. The molecule has 1 aromatic carbocycles. The summed E-state index contributed by atoms with van der Waals surface area (Å²) in [6, 6.07) is 5.04. The van der Waals surface area contributed by atoms with Crippen LogP contribution in [0.4, 0.5) is 19.0 Å². The topological polar surface area (TPSA) is 107 Å². The third kappa shape index (κ3) is 3.72. The molecule has 0 saturated heterocycles. The number of carboxylic acid groups (broad SMARTS) is 1. The van der Waals surface area contributed by atoms with Crippen LogP contribution < -0.4 is 5.32 Å². The van der Waals surface area contributed by atoms with Gasteiger partial charge in [0, 0.05) is 59.8 Å². The molecule has 0 amide bonds. The zero-order valence-electron chi connectivity index (χ0n) is 20.4. The average molecular weight is 520 g/mol. The highest BCUT2D eigenvalue weighted by atomic mass is 19.1. The number of hydrogen-bond acceptors (Lipinski definition) is 4. The van der Waals surface area contributed by atoms with Crippen molar-refractivity contribution < 1.29 is 23.1 Å². The van der Waals surface area contributed by atoms with Crippen LogP contribution in [0, 0.1) is 46.5 Å². The van der Waals surface area contributed by atoms with E-state index in [0.717, 1.165) is 37.8 Å². The normalized spacial score (nSPS) is 22.5. The van der Waals surface area contributed by atoms with Gasteiger partial charge in [0.1, 0.15) is 17.7 Å². The zero-order valence-corrected chi connectivity index (χ0v) is 20.4. The summed E-state index contributed by atoms with van der Waals surface area (Å²) in [4.78, 5) is 19.5. The number of nitrogens with zero attached hydrogens (tertiary/aromatic N) is 3. The predicted molar refractivity (Wildman–Crippen MR) is 135 cm³/mol. The molecule has 2 atom stereocenters. The summed E-state index contributed by atoms with van der Waals surface area (Å²) in [7, 11) is 1.76. The predicted octanol–water partition coefficient (Wildman–Crippen LogP) is 5.83. The molecule has 10 heteroatoms. The highest BCUT2D eigenvalue weighted by Crippen LogP contribution is 2.47. The highest BCUT2D eigenvalue weighted by Gasteiger charge is 2.47. The third-order valence-corrected chi connectivity index (χ3v) is 8.14. The van der Waals surface area contributed by atoms with Gasteiger partial charge >= 0.3 is 5.97 Å². The van der Waals surface area contributed by atoms with Gasteiger partial charge in [0.2, 0.25) is 0 Å². The second-order valence-electron chi connectivity index (χ2n) is 10.3. The van der Waals surface area contributed by atoms with Crippen LogP contribution in [0.3, 0.4) is 0 Å². The molecule has 2 bridgehead atoms. The number of anilines is 1. The fourth-order valence-electron chi connectivity index (χ4n) is 6.41. The Balaban J connectivity index is 1.58. The van der Waals surface area contributed by atoms with Crippen LogP contribution in [0.25, 0.3) is 33.3 Å². The quantitative estimate of drug-likeness (QED) is 0.308. The maximum absolute atomic E-state index is 16.2. The molecule has 3 heterocycles. The Morgan fingerprint density at radius 1 is 1.21 bits per heavy atom. The van der Waals surface area contributed by atoms with E-state index in [2.05, 4.69) is 15.3 Å². The van der Waals surface area contributed by atoms with Crippen LogP contribution in [0.1, 0.15) is 31.2 Å². The van der Waals surface area contributed by atoms with Crippen molar-refractivity contribution in [3.63, 3.8) is 0 Å². The van der Waals surface area contributed by atoms with Gasteiger partial charge in [-0.2, -0.15) is 5.26 Å². The van der Waals surface area contributed by atoms with Crippen LogP contribution >= 0.6 is 0 Å². The monoisotopic (exact) mass is 519 g/mol. The van der Waals surface area contributed by atoms with Crippen molar-refractivity contribution in [3.8, 4) is 28.5 Å². The molecule has 3 aromatic heterocycles. The first-order valence-electron chi connectivity index (χ1n) is 12.5. The Hall–Kier alpha value is -4.26. The Kier molecular flexibility index (Phi) is 5.67. The van der Waals surface area contributed by atoms with E-state index < -0.39 is 35.4 Å². The number of H-pyrrole nitrogens is 1. The standard InChI is InChI=1S/C28H24F3N5O2/c1-36-7-6-15(12-36)21-18(10-32)25(19-11-33-26-17(19)8-16(29)9-20(26)30)35-27(23(21)31)34-24-14-4-2-13(3-5-14)22(24)28(37)38/h6-9,11-14,22,24,33H,2-5H2,1H3,(H,34,35)(H,37,38)/t13?,14?,22-,24-/m0/s1. The summed E-state index contributed by atoms with van der Waals surface area (Å²) in [5.74, 6) is -4.18. The van der Waals surface area contributed by atoms with Crippen LogP contribution in [-0.4, -0.2) is 31.7 Å². The molecular weight excluding hydrogens is 495 g/mol. The molecule has 0 aliphatic heterocycles. The van der Waals surface area contributed by atoms with Gasteiger partial charge in [-0.15, -0.1) is 0 Å². The fraction of sp³-hybridized carbons (Fsp3) is 0.321. The SMILES string of the molecule is Cn1ccc(-c2c(F)c(N[C@H]3C4CCC(CC4)[C@@H]3C(=O)O)nc(-c3c[nH]c4c(F)cc(F)cc34)c2C#N)c1. The zero-order chi connectivity index (χ0) is 26.7. The number of hydrogen-bond donors (Lipinski definition) is 3. The summed E-state index contributed by atoms with van der Waals surface area (Å²) in [5.41, 5.74) is 0.618. The summed E-state index contributed by atoms with van der Waals surface area (Å²) < 4.78 is 46.6. The summed E-state index contributed by atoms with van der Waals surface area (Å²) in [5, 5.41) is 23.4. The number of fused-ring (bicyclic) bond motifs is 4. The Bertz CT molecular complexity index is 1630. The number of carboxylic acids is 1. The number of nitrogens with one attached hydrogen (secondary N) is 2. The smallest absolute Gasteiger partial charge is 0.308 e. The Labute approximate surface area is 215 Å². The summed E-state index contributed by atoms with van der Waals surface area (Å²) in [6.45, 7) is 0. The number of carbonyl (C=O) groups is 1. The second-order valence-corrected chi connectivity index (χ2v) is 10.3. The maximum atomic E-state index is 16.2. The molecular formula is C28H24F3N5O2. The van der Waals surface area contributed by atoms with E-state index in [1.807, 2.05) is 6.07 Å². The van der Waals surface area contributed by atoms with Gasteiger partial charge in [-0.1, -0.05) is 0 Å². The number of aliphatic carboxylic acids is 1. The van der Waals surface area contributed by atoms with Gasteiger partial charge in [-0.3, -0.25) is 4.79 Å². The van der Waals surface area contributed by atoms with Crippen molar-refractivity contribution >= 4 is 22.7 Å². The van der Waals surface area contributed by atoms with Gasteiger partial charge in [-0.05, 0) is 49.7 Å². The minimum atomic E-state index is -0.933. The Morgan fingerprint density at radius 2 is 1.95 bits per heavy atom. The third-order valence-electron chi connectivity index (χ3n) is 8.14. The minimum absolute atomic E-state index is 0.0101. The van der Waals surface area contributed by atoms with Crippen molar-refractivity contribution in [1.82, 2.24) is 14.5 Å². The van der Waals surface area contributed by atoms with E-state index in [0.29, 0.717) is 5.56 Å². The van der Waals surface area contributed by atoms with Crippen LogP contribution in [0.2, 0.25) is 0 Å². The first-order chi connectivity index (χ1) is 18.3. The lowest BCUT2D eigenvalue weighted by Crippen LogP contribution is -2.51. The molecule has 0 unspecified atom stereocenters. The average Bonchev–Trinajstić information content (AvgIpc) is 3.51. The molecule has 194 valence electrons. The van der Waals surface area contributed by atoms with Crippen molar-refractivity contribution in [2.45, 2.75) is 31.7 Å². The number of rotatable bonds is 5. The number of pyridine rings is 1. The molecule has 0 radical (unpaired) electrons. The second kappa shape index (κ2) is 8.94. The van der Waals surface area contributed by atoms with Crippen molar-refractivity contribution in [2.24, 2.45) is 24.8 Å². The number of halogens is 3. The fourth-order valence-corrected chi connectivity index (χ4v) is 6.41. The highest BCUT2D eigenvalue weighted by molar-refractivity contribution is 5.98. The molecule has 3 fully saturated rings. The molecule has 38 heavy (non-hydrogen) atoms. The van der Waals surface area contributed by atoms with Crippen molar-refractivity contribution in [3.05, 3.63) is 59.8 Å². The minimum Gasteiger partial charge on any atom is -0.481 e. The molecule has 7 rings (SSSR count). The van der Waals surface area contributed by atoms with Crippen molar-refractivity contribution in [2.75, 3.05) is 5.32 Å². The van der Waals surface area contributed by atoms with Crippen molar-refractivity contribution in [1.29, 1.82) is 5.26 Å². The molecule has 3 aliphatic rings. The molecule has 3 saturated carbocycles. The van der Waals surface area contributed by atoms with Gasteiger partial charge in [0.05, 0.1) is 22.7 Å². The maximum Gasteiger partial charge on any atom is 0.308 e. The number of aromatic amines is 1. The lowest BCUT2D eigenvalue weighted by Gasteiger charge is -2.47. The molecule has 4 aromatic rings. The van der Waals surface area contributed by atoms with E-state index in [-0.39, 0.29) is 50.9 Å². The molecule has 0 spiro atoms. The van der Waals surface area contributed by atoms with E-state index in [9.17, 15) is 23.9 Å². The number of benzene rings is 1. The van der Waals surface area contributed by atoms with E-state index in [1.54, 1.807) is 30.1 Å². The van der Waals surface area contributed by atoms with Gasteiger partial charge in [-0.25, -0.2) is 18.2 Å². The summed E-state index contributed by atoms with van der Waals surface area (Å²) in [6.07, 6.45) is 8.08. The lowest BCUT2D eigenvalue weighted by atomic mass is 9.61. The van der Waals surface area contributed by atoms with Crippen LogP contribution in [-0.2, 0) is 11.8 Å². The number of aryl methyl sites for hydroxylation is 1. The number of aromatic nitrogens is 3. The van der Waals surface area contributed by atoms with Gasteiger partial charge in [0.25, 0.3) is 0 Å². The van der Waals surface area contributed by atoms with E-state index in [4.69, 9.17) is 0 Å². The van der Waals surface area contributed by atoms with Gasteiger partial charge in [0.15, 0.2) is 11.6 Å². The van der Waals surface area contributed by atoms with Gasteiger partial charge < -0.3 is 20.0 Å². The van der Waals surface area contributed by atoms with E-state index in [1.165, 1.54) is 6.20 Å². The van der Waals surface area contributed by atoms with E-state index >= 15 is 4.39 Å². The molecule has 3 aliphatic carbocycles. The number of nitriles is 1.